The van der Waals surface area contributed by atoms with E-state index in [0.717, 1.165) is 11.8 Å². The van der Waals surface area contributed by atoms with Crippen LogP contribution in [0, 0.1) is 0 Å². The van der Waals surface area contributed by atoms with Gasteiger partial charge in [0.1, 0.15) is 5.75 Å². The fourth-order valence-electron chi connectivity index (χ4n) is 1.18. The van der Waals surface area contributed by atoms with Gasteiger partial charge in [-0.15, -0.1) is 12.6 Å². The molecule has 0 aromatic heterocycles. The first-order chi connectivity index (χ1) is 7.16. The van der Waals surface area contributed by atoms with E-state index in [1.54, 1.807) is 12.1 Å². The highest BCUT2D eigenvalue weighted by Crippen LogP contribution is 2.27. The van der Waals surface area contributed by atoms with Crippen LogP contribution < -0.4 is 4.74 Å². The number of benzene rings is 1. The van der Waals surface area contributed by atoms with Gasteiger partial charge in [0.2, 0.25) is 0 Å². The van der Waals surface area contributed by atoms with Crippen molar-refractivity contribution >= 4 is 34.3 Å². The minimum absolute atomic E-state index is 0. The Labute approximate surface area is 111 Å². The second kappa shape index (κ2) is 7.74. The van der Waals surface area contributed by atoms with E-state index in [0.29, 0.717) is 22.8 Å². The molecule has 0 saturated heterocycles. The number of carbonyl (C=O) groups is 1. The van der Waals surface area contributed by atoms with Crippen LogP contribution in [0.5, 0.6) is 5.75 Å². The van der Waals surface area contributed by atoms with Crippen LogP contribution in [0.25, 0.3) is 0 Å². The summed E-state index contributed by atoms with van der Waals surface area (Å²) in [6.45, 7) is 2.11. The molecule has 0 aliphatic heterocycles. The standard InChI is InChI=1S/C11H13BrO2S.CH4/c1-8(13)9-4-2-5-10(15)11(9)14-7-3-6-12;/h2,4-5,15H,3,6-7H2,1H3;1H4. The third-order valence-electron chi connectivity index (χ3n) is 1.90. The number of para-hydroxylation sites is 1. The molecule has 0 spiro atoms. The van der Waals surface area contributed by atoms with Crippen LogP contribution in [0.4, 0.5) is 0 Å². The summed E-state index contributed by atoms with van der Waals surface area (Å²) in [6.07, 6.45) is 0.902. The summed E-state index contributed by atoms with van der Waals surface area (Å²) in [5.41, 5.74) is 0.595. The molecule has 0 aliphatic rings. The first kappa shape index (κ1) is 15.5. The van der Waals surface area contributed by atoms with Gasteiger partial charge in [-0.25, -0.2) is 0 Å². The largest absolute Gasteiger partial charge is 0.492 e. The molecule has 0 radical (unpaired) electrons. The quantitative estimate of drug-likeness (QED) is 0.385. The van der Waals surface area contributed by atoms with Gasteiger partial charge in [-0.05, 0) is 25.5 Å². The van der Waals surface area contributed by atoms with Crippen LogP contribution in [-0.2, 0) is 0 Å². The number of ether oxygens (including phenoxy) is 1. The van der Waals surface area contributed by atoms with E-state index in [-0.39, 0.29) is 13.2 Å². The van der Waals surface area contributed by atoms with Crippen molar-refractivity contribution in [3.8, 4) is 5.75 Å². The maximum atomic E-state index is 11.3. The van der Waals surface area contributed by atoms with Gasteiger partial charge in [0.05, 0.1) is 12.2 Å². The molecule has 0 unspecified atom stereocenters. The highest BCUT2D eigenvalue weighted by atomic mass is 79.9. The third kappa shape index (κ3) is 4.18. The van der Waals surface area contributed by atoms with Gasteiger partial charge >= 0.3 is 0 Å². The summed E-state index contributed by atoms with van der Waals surface area (Å²) in [7, 11) is 0. The molecule has 0 bridgehead atoms. The predicted molar refractivity (Wildman–Crippen MR) is 74.3 cm³/mol. The fraction of sp³-hybridized carbons (Fsp3) is 0.417. The summed E-state index contributed by atoms with van der Waals surface area (Å²) in [5, 5.41) is 0.886. The number of halogens is 1. The summed E-state index contributed by atoms with van der Waals surface area (Å²) >= 11 is 7.60. The number of hydrogen-bond donors (Lipinski definition) is 1. The Morgan fingerprint density at radius 2 is 2.19 bits per heavy atom. The molecule has 0 heterocycles. The molecule has 4 heteroatoms. The van der Waals surface area contributed by atoms with Gasteiger partial charge < -0.3 is 4.74 Å². The second-order valence-corrected chi connectivity index (χ2v) is 4.38. The fourth-order valence-corrected chi connectivity index (χ4v) is 1.68. The molecular formula is C12H17BrO2S. The van der Waals surface area contributed by atoms with Crippen LogP contribution in [0.3, 0.4) is 0 Å². The Kier molecular flexibility index (Phi) is 7.51. The lowest BCUT2D eigenvalue weighted by atomic mass is 10.1. The first-order valence-corrected chi connectivity index (χ1v) is 6.25. The van der Waals surface area contributed by atoms with Gasteiger partial charge in [0.25, 0.3) is 0 Å². The minimum atomic E-state index is -0.000239. The molecule has 0 fully saturated rings. The van der Waals surface area contributed by atoms with Crippen LogP contribution >= 0.6 is 28.6 Å². The summed E-state index contributed by atoms with van der Waals surface area (Å²) in [4.78, 5) is 12.0. The van der Waals surface area contributed by atoms with E-state index in [9.17, 15) is 4.79 Å². The van der Waals surface area contributed by atoms with E-state index < -0.39 is 0 Å². The Hall–Kier alpha value is -0.480. The number of thiol groups is 1. The molecular weight excluding hydrogens is 288 g/mol. The van der Waals surface area contributed by atoms with E-state index in [2.05, 4.69) is 28.6 Å². The number of carbonyl (C=O) groups excluding carboxylic acids is 1. The number of hydrogen-bond acceptors (Lipinski definition) is 3. The zero-order valence-electron chi connectivity index (χ0n) is 8.50. The van der Waals surface area contributed by atoms with Crippen molar-refractivity contribution in [1.82, 2.24) is 0 Å². The molecule has 0 aliphatic carbocycles. The second-order valence-electron chi connectivity index (χ2n) is 3.10. The molecule has 0 saturated carbocycles. The zero-order valence-corrected chi connectivity index (χ0v) is 11.0. The van der Waals surface area contributed by atoms with Crippen LogP contribution in [-0.4, -0.2) is 17.7 Å². The number of Topliss-reactive ketones (excluding diaryl/α,β-unsaturated/α-hetero) is 1. The summed E-state index contributed by atoms with van der Waals surface area (Å²) in [6, 6.07) is 5.38. The Morgan fingerprint density at radius 1 is 1.50 bits per heavy atom. The highest BCUT2D eigenvalue weighted by molar-refractivity contribution is 9.09. The molecule has 1 rings (SSSR count). The maximum absolute atomic E-state index is 11.3. The molecule has 90 valence electrons. The van der Waals surface area contributed by atoms with Crippen molar-refractivity contribution in [2.75, 3.05) is 11.9 Å². The van der Waals surface area contributed by atoms with E-state index in [1.165, 1.54) is 6.92 Å². The minimum Gasteiger partial charge on any atom is -0.492 e. The average Bonchev–Trinajstić information content (AvgIpc) is 2.20. The van der Waals surface area contributed by atoms with Gasteiger partial charge in [-0.3, -0.25) is 4.79 Å². The monoisotopic (exact) mass is 304 g/mol. The smallest absolute Gasteiger partial charge is 0.163 e. The Bertz CT molecular complexity index is 353. The third-order valence-corrected chi connectivity index (χ3v) is 2.81. The van der Waals surface area contributed by atoms with Crippen molar-refractivity contribution in [2.24, 2.45) is 0 Å². The van der Waals surface area contributed by atoms with E-state index in [4.69, 9.17) is 4.74 Å². The van der Waals surface area contributed by atoms with Gasteiger partial charge in [0, 0.05) is 10.2 Å². The predicted octanol–water partition coefficient (Wildman–Crippen LogP) is 3.98. The summed E-state index contributed by atoms with van der Waals surface area (Å²) < 4.78 is 5.54. The van der Waals surface area contributed by atoms with Gasteiger partial charge in [-0.1, -0.05) is 29.4 Å². The van der Waals surface area contributed by atoms with Crippen molar-refractivity contribution in [3.63, 3.8) is 0 Å². The van der Waals surface area contributed by atoms with E-state index in [1.807, 2.05) is 6.07 Å². The lowest BCUT2D eigenvalue weighted by Gasteiger charge is -2.11. The van der Waals surface area contributed by atoms with Crippen molar-refractivity contribution < 1.29 is 9.53 Å². The molecule has 16 heavy (non-hydrogen) atoms. The van der Waals surface area contributed by atoms with Crippen LogP contribution in [0.2, 0.25) is 0 Å². The summed E-state index contributed by atoms with van der Waals surface area (Å²) in [5.74, 6) is 0.592. The number of ketones is 1. The van der Waals surface area contributed by atoms with Gasteiger partial charge in [0.15, 0.2) is 5.78 Å². The van der Waals surface area contributed by atoms with E-state index >= 15 is 0 Å². The first-order valence-electron chi connectivity index (χ1n) is 4.68. The molecule has 0 atom stereocenters. The topological polar surface area (TPSA) is 26.3 Å². The number of alkyl halides is 1. The average molecular weight is 305 g/mol. The molecule has 0 amide bonds. The normalized spacial score (nSPS) is 9.44. The molecule has 0 N–H and O–H groups in total. The Balaban J connectivity index is 0.00000225. The lowest BCUT2D eigenvalue weighted by Crippen LogP contribution is -2.04. The lowest BCUT2D eigenvalue weighted by molar-refractivity contribution is 0.101. The van der Waals surface area contributed by atoms with Gasteiger partial charge in [-0.2, -0.15) is 0 Å². The highest BCUT2D eigenvalue weighted by Gasteiger charge is 2.10. The van der Waals surface area contributed by atoms with Crippen molar-refractivity contribution in [2.45, 2.75) is 25.7 Å². The van der Waals surface area contributed by atoms with Crippen LogP contribution in [0.15, 0.2) is 23.1 Å². The number of rotatable bonds is 5. The molecule has 1 aromatic carbocycles. The zero-order chi connectivity index (χ0) is 11.3. The van der Waals surface area contributed by atoms with Crippen LogP contribution in [0.1, 0.15) is 31.1 Å². The van der Waals surface area contributed by atoms with Crippen molar-refractivity contribution in [1.29, 1.82) is 0 Å². The maximum Gasteiger partial charge on any atom is 0.163 e. The molecule has 2 nitrogen and oxygen atoms in total. The Morgan fingerprint density at radius 3 is 2.75 bits per heavy atom. The molecule has 1 aromatic rings. The SMILES string of the molecule is C.CC(=O)c1cccc(S)c1OCCCBr. The van der Waals surface area contributed by atoms with Crippen molar-refractivity contribution in [3.05, 3.63) is 23.8 Å².